The second-order valence-corrected chi connectivity index (χ2v) is 4.94. The zero-order valence-corrected chi connectivity index (χ0v) is 10.2. The highest BCUT2D eigenvalue weighted by molar-refractivity contribution is 5.76. The molecule has 2 saturated heterocycles. The van der Waals surface area contributed by atoms with E-state index in [0.29, 0.717) is 18.4 Å². The Morgan fingerprint density at radius 1 is 1.31 bits per heavy atom. The fraction of sp³-hybridized carbons (Fsp3) is 0.917. The van der Waals surface area contributed by atoms with Gasteiger partial charge in [0, 0.05) is 38.6 Å². The molecule has 4 heteroatoms. The average Bonchev–Trinajstić information content (AvgIpc) is 2.79. The molecule has 0 bridgehead atoms. The molecule has 16 heavy (non-hydrogen) atoms. The van der Waals surface area contributed by atoms with Gasteiger partial charge in [0.15, 0.2) is 0 Å². The van der Waals surface area contributed by atoms with Crippen LogP contribution in [-0.4, -0.2) is 61.0 Å². The van der Waals surface area contributed by atoms with Crippen molar-refractivity contribution in [3.63, 3.8) is 0 Å². The minimum absolute atomic E-state index is 0.334. The molecule has 0 radical (unpaired) electrons. The Kier molecular flexibility index (Phi) is 4.18. The first kappa shape index (κ1) is 11.9. The number of likely N-dealkylation sites (tertiary alicyclic amines) is 1. The van der Waals surface area contributed by atoms with Crippen LogP contribution in [0.25, 0.3) is 0 Å². The van der Waals surface area contributed by atoms with Crippen LogP contribution in [0.1, 0.15) is 26.2 Å². The van der Waals surface area contributed by atoms with Gasteiger partial charge >= 0.3 is 0 Å². The van der Waals surface area contributed by atoms with Gasteiger partial charge in [0.05, 0.1) is 0 Å². The fourth-order valence-corrected chi connectivity index (χ4v) is 2.62. The van der Waals surface area contributed by atoms with Crippen molar-refractivity contribution in [1.82, 2.24) is 15.1 Å². The van der Waals surface area contributed by atoms with E-state index in [1.165, 1.54) is 25.9 Å². The van der Waals surface area contributed by atoms with E-state index >= 15 is 0 Å². The first-order valence-electron chi connectivity index (χ1n) is 6.50. The molecule has 2 aliphatic heterocycles. The summed E-state index contributed by atoms with van der Waals surface area (Å²) in [5.41, 5.74) is 0. The maximum absolute atomic E-state index is 12.0. The number of hydrogen-bond donors (Lipinski definition) is 1. The van der Waals surface area contributed by atoms with Crippen LogP contribution in [0.4, 0.5) is 0 Å². The molecule has 0 aliphatic carbocycles. The monoisotopic (exact) mass is 225 g/mol. The molecule has 2 rings (SSSR count). The average molecular weight is 225 g/mol. The molecule has 0 unspecified atom stereocenters. The van der Waals surface area contributed by atoms with Gasteiger partial charge in [0.1, 0.15) is 0 Å². The molecular formula is C12H23N3O. The van der Waals surface area contributed by atoms with Gasteiger partial charge in [-0.25, -0.2) is 0 Å². The highest BCUT2D eigenvalue weighted by Gasteiger charge is 2.23. The summed E-state index contributed by atoms with van der Waals surface area (Å²) in [5.74, 6) is 0.334. The van der Waals surface area contributed by atoms with E-state index in [0.717, 1.165) is 26.2 Å². The van der Waals surface area contributed by atoms with Crippen LogP contribution in [0.15, 0.2) is 0 Å². The van der Waals surface area contributed by atoms with Crippen molar-refractivity contribution in [3.8, 4) is 0 Å². The Balaban J connectivity index is 1.73. The standard InChI is InChI=1S/C12H23N3O/c1-11-10-13-5-9-15(11)12(16)4-8-14-6-2-3-7-14/h11,13H,2-10H2,1H3/t11-/m0/s1. The number of nitrogens with zero attached hydrogens (tertiary/aromatic N) is 2. The van der Waals surface area contributed by atoms with E-state index in [1.807, 2.05) is 4.90 Å². The Bertz CT molecular complexity index is 238. The number of carbonyl (C=O) groups excluding carboxylic acids is 1. The van der Waals surface area contributed by atoms with Gasteiger partial charge in [-0.3, -0.25) is 4.79 Å². The van der Waals surface area contributed by atoms with Crippen molar-refractivity contribution < 1.29 is 4.79 Å². The summed E-state index contributed by atoms with van der Waals surface area (Å²) in [6, 6.07) is 0.361. The predicted octanol–water partition coefficient (Wildman–Crippen LogP) is 0.293. The molecule has 2 aliphatic rings. The SMILES string of the molecule is C[C@H]1CNCCN1C(=O)CCN1CCCC1. The molecule has 2 heterocycles. The van der Waals surface area contributed by atoms with Crippen LogP contribution < -0.4 is 5.32 Å². The van der Waals surface area contributed by atoms with E-state index in [9.17, 15) is 4.79 Å². The van der Waals surface area contributed by atoms with Crippen molar-refractivity contribution in [2.24, 2.45) is 0 Å². The number of rotatable bonds is 3. The summed E-state index contributed by atoms with van der Waals surface area (Å²) in [7, 11) is 0. The lowest BCUT2D eigenvalue weighted by Crippen LogP contribution is -2.52. The zero-order valence-electron chi connectivity index (χ0n) is 10.2. The largest absolute Gasteiger partial charge is 0.337 e. The number of hydrogen-bond acceptors (Lipinski definition) is 3. The van der Waals surface area contributed by atoms with E-state index in [-0.39, 0.29) is 0 Å². The highest BCUT2D eigenvalue weighted by Crippen LogP contribution is 2.10. The molecule has 0 aromatic heterocycles. The number of amides is 1. The molecule has 0 spiro atoms. The Morgan fingerprint density at radius 3 is 2.75 bits per heavy atom. The molecule has 92 valence electrons. The highest BCUT2D eigenvalue weighted by atomic mass is 16.2. The topological polar surface area (TPSA) is 35.6 Å². The van der Waals surface area contributed by atoms with Crippen LogP contribution in [-0.2, 0) is 4.79 Å². The third-order valence-electron chi connectivity index (χ3n) is 3.66. The quantitative estimate of drug-likeness (QED) is 0.750. The minimum atomic E-state index is 0.334. The van der Waals surface area contributed by atoms with Crippen molar-refractivity contribution in [2.45, 2.75) is 32.2 Å². The molecule has 0 saturated carbocycles. The summed E-state index contributed by atoms with van der Waals surface area (Å²) >= 11 is 0. The second-order valence-electron chi connectivity index (χ2n) is 4.94. The second kappa shape index (κ2) is 5.64. The van der Waals surface area contributed by atoms with Crippen LogP contribution in [0.3, 0.4) is 0 Å². The number of nitrogens with one attached hydrogen (secondary N) is 1. The molecular weight excluding hydrogens is 202 g/mol. The van der Waals surface area contributed by atoms with E-state index in [2.05, 4.69) is 17.1 Å². The van der Waals surface area contributed by atoms with Gasteiger partial charge in [-0.1, -0.05) is 0 Å². The number of piperazine rings is 1. The predicted molar refractivity (Wildman–Crippen MR) is 64.3 cm³/mol. The van der Waals surface area contributed by atoms with Gasteiger partial charge < -0.3 is 15.1 Å². The van der Waals surface area contributed by atoms with E-state index in [1.54, 1.807) is 0 Å². The van der Waals surface area contributed by atoms with Gasteiger partial charge in [-0.15, -0.1) is 0 Å². The lowest BCUT2D eigenvalue weighted by Gasteiger charge is -2.34. The van der Waals surface area contributed by atoms with Crippen molar-refractivity contribution in [1.29, 1.82) is 0 Å². The summed E-state index contributed by atoms with van der Waals surface area (Å²) < 4.78 is 0. The van der Waals surface area contributed by atoms with Gasteiger partial charge in [0.25, 0.3) is 0 Å². The normalized spacial score (nSPS) is 27.3. The van der Waals surface area contributed by atoms with Crippen LogP contribution in [0.2, 0.25) is 0 Å². The maximum Gasteiger partial charge on any atom is 0.224 e. The fourth-order valence-electron chi connectivity index (χ4n) is 2.62. The lowest BCUT2D eigenvalue weighted by molar-refractivity contribution is -0.134. The molecule has 1 atom stereocenters. The van der Waals surface area contributed by atoms with Crippen LogP contribution in [0.5, 0.6) is 0 Å². The molecule has 0 aromatic rings. The van der Waals surface area contributed by atoms with Crippen LogP contribution in [0, 0.1) is 0 Å². The summed E-state index contributed by atoms with van der Waals surface area (Å²) in [6.07, 6.45) is 3.31. The molecule has 0 aromatic carbocycles. The van der Waals surface area contributed by atoms with Gasteiger partial charge in [-0.2, -0.15) is 0 Å². The van der Waals surface area contributed by atoms with Crippen molar-refractivity contribution in [2.75, 3.05) is 39.3 Å². The van der Waals surface area contributed by atoms with E-state index in [4.69, 9.17) is 0 Å². The Hall–Kier alpha value is -0.610. The molecule has 1 amide bonds. The molecule has 4 nitrogen and oxygen atoms in total. The molecule has 1 N–H and O–H groups in total. The Labute approximate surface area is 98.0 Å². The third kappa shape index (κ3) is 2.95. The Morgan fingerprint density at radius 2 is 2.06 bits per heavy atom. The minimum Gasteiger partial charge on any atom is -0.337 e. The third-order valence-corrected chi connectivity index (χ3v) is 3.66. The van der Waals surface area contributed by atoms with Crippen LogP contribution >= 0.6 is 0 Å². The zero-order chi connectivity index (χ0) is 11.4. The first-order chi connectivity index (χ1) is 7.77. The first-order valence-corrected chi connectivity index (χ1v) is 6.50. The van der Waals surface area contributed by atoms with Gasteiger partial charge in [-0.05, 0) is 32.9 Å². The van der Waals surface area contributed by atoms with Crippen molar-refractivity contribution in [3.05, 3.63) is 0 Å². The number of carbonyl (C=O) groups is 1. The van der Waals surface area contributed by atoms with Crippen molar-refractivity contribution >= 4 is 5.91 Å². The summed E-state index contributed by atoms with van der Waals surface area (Å²) in [6.45, 7) is 8.21. The molecule has 2 fully saturated rings. The van der Waals surface area contributed by atoms with Gasteiger partial charge in [0.2, 0.25) is 5.91 Å². The lowest BCUT2D eigenvalue weighted by atomic mass is 10.2. The maximum atomic E-state index is 12.0. The summed E-state index contributed by atoms with van der Waals surface area (Å²) in [4.78, 5) is 16.5. The van der Waals surface area contributed by atoms with E-state index < -0.39 is 0 Å². The summed E-state index contributed by atoms with van der Waals surface area (Å²) in [5, 5.41) is 3.31. The smallest absolute Gasteiger partial charge is 0.224 e.